The zero-order valence-corrected chi connectivity index (χ0v) is 11.3. The number of aryl methyl sites for hydroxylation is 1. The first-order valence-electron chi connectivity index (χ1n) is 5.33. The van der Waals surface area contributed by atoms with Gasteiger partial charge in [-0.2, -0.15) is 0 Å². The van der Waals surface area contributed by atoms with E-state index in [1.165, 1.54) is 11.3 Å². The SMILES string of the molecule is Cc1ccc(-c2ccc(/C=C/C(=O)O)s2)cc1Cl. The summed E-state index contributed by atoms with van der Waals surface area (Å²) < 4.78 is 0. The Kier molecular flexibility index (Phi) is 3.84. The lowest BCUT2D eigenvalue weighted by Crippen LogP contribution is -1.84. The Bertz CT molecular complexity index is 614. The van der Waals surface area contributed by atoms with E-state index in [9.17, 15) is 4.79 Å². The molecule has 0 bridgehead atoms. The second-order valence-corrected chi connectivity index (χ2v) is 5.36. The highest BCUT2D eigenvalue weighted by atomic mass is 35.5. The van der Waals surface area contributed by atoms with E-state index in [1.807, 2.05) is 37.3 Å². The van der Waals surface area contributed by atoms with Gasteiger partial charge in [0.1, 0.15) is 0 Å². The lowest BCUT2D eigenvalue weighted by molar-refractivity contribution is -0.131. The second-order valence-electron chi connectivity index (χ2n) is 3.84. The van der Waals surface area contributed by atoms with Crippen molar-refractivity contribution < 1.29 is 9.90 Å². The van der Waals surface area contributed by atoms with E-state index in [0.717, 1.165) is 32.0 Å². The van der Waals surface area contributed by atoms with Crippen molar-refractivity contribution in [1.82, 2.24) is 0 Å². The van der Waals surface area contributed by atoms with Gasteiger partial charge < -0.3 is 5.11 Å². The molecule has 1 aromatic heterocycles. The number of carbonyl (C=O) groups is 1. The Morgan fingerprint density at radius 3 is 2.78 bits per heavy atom. The Morgan fingerprint density at radius 1 is 1.33 bits per heavy atom. The van der Waals surface area contributed by atoms with Crippen molar-refractivity contribution in [2.45, 2.75) is 6.92 Å². The van der Waals surface area contributed by atoms with Crippen molar-refractivity contribution >= 4 is 35.0 Å². The summed E-state index contributed by atoms with van der Waals surface area (Å²) in [5.41, 5.74) is 2.09. The maximum Gasteiger partial charge on any atom is 0.328 e. The fourth-order valence-electron chi connectivity index (χ4n) is 1.50. The fourth-order valence-corrected chi connectivity index (χ4v) is 2.58. The zero-order valence-electron chi connectivity index (χ0n) is 9.68. The average Bonchev–Trinajstić information content (AvgIpc) is 2.79. The number of aliphatic carboxylic acids is 1. The average molecular weight is 279 g/mol. The highest BCUT2D eigenvalue weighted by Gasteiger charge is 2.03. The lowest BCUT2D eigenvalue weighted by Gasteiger charge is -2.01. The quantitative estimate of drug-likeness (QED) is 0.841. The standard InChI is InChI=1S/C14H11ClO2S/c1-9-2-3-10(8-12(9)15)13-6-4-11(18-13)5-7-14(16)17/h2-8H,1H3,(H,16,17)/b7-5+. The van der Waals surface area contributed by atoms with Crippen LogP contribution in [-0.4, -0.2) is 11.1 Å². The van der Waals surface area contributed by atoms with Gasteiger partial charge >= 0.3 is 5.97 Å². The molecule has 1 heterocycles. The van der Waals surface area contributed by atoms with Gasteiger partial charge in [0.25, 0.3) is 0 Å². The van der Waals surface area contributed by atoms with Gasteiger partial charge in [-0.3, -0.25) is 0 Å². The monoisotopic (exact) mass is 278 g/mol. The van der Waals surface area contributed by atoms with Crippen LogP contribution in [0.15, 0.2) is 36.4 Å². The number of benzene rings is 1. The van der Waals surface area contributed by atoms with Crippen LogP contribution in [0.5, 0.6) is 0 Å². The summed E-state index contributed by atoms with van der Waals surface area (Å²) in [5, 5.41) is 9.31. The molecule has 0 radical (unpaired) electrons. The van der Waals surface area contributed by atoms with Crippen LogP contribution in [0.3, 0.4) is 0 Å². The summed E-state index contributed by atoms with van der Waals surface area (Å²) in [6, 6.07) is 9.77. The van der Waals surface area contributed by atoms with Crippen LogP contribution in [0, 0.1) is 6.92 Å². The third-order valence-corrected chi connectivity index (χ3v) is 3.98. The molecule has 0 aliphatic rings. The largest absolute Gasteiger partial charge is 0.478 e. The molecule has 0 fully saturated rings. The predicted octanol–water partition coefficient (Wildman–Crippen LogP) is 4.47. The molecule has 0 aliphatic heterocycles. The number of hydrogen-bond donors (Lipinski definition) is 1. The summed E-state index contributed by atoms with van der Waals surface area (Å²) in [7, 11) is 0. The van der Waals surface area contributed by atoms with Gasteiger partial charge in [-0.15, -0.1) is 11.3 Å². The Labute approximate surface area is 114 Å². The van der Waals surface area contributed by atoms with Crippen molar-refractivity contribution in [3.05, 3.63) is 51.9 Å². The third-order valence-electron chi connectivity index (χ3n) is 2.47. The van der Waals surface area contributed by atoms with Crippen molar-refractivity contribution in [2.24, 2.45) is 0 Å². The molecule has 0 spiro atoms. The van der Waals surface area contributed by atoms with Crippen molar-refractivity contribution in [3.63, 3.8) is 0 Å². The molecule has 1 N–H and O–H groups in total. The minimum Gasteiger partial charge on any atom is -0.478 e. The smallest absolute Gasteiger partial charge is 0.328 e. The lowest BCUT2D eigenvalue weighted by atomic mass is 10.1. The van der Waals surface area contributed by atoms with E-state index < -0.39 is 5.97 Å². The van der Waals surface area contributed by atoms with Crippen LogP contribution in [0.2, 0.25) is 5.02 Å². The van der Waals surface area contributed by atoms with E-state index in [1.54, 1.807) is 6.08 Å². The molecule has 4 heteroatoms. The second kappa shape index (κ2) is 5.38. The van der Waals surface area contributed by atoms with Gasteiger partial charge in [-0.1, -0.05) is 23.7 Å². The van der Waals surface area contributed by atoms with Gasteiger partial charge in [0, 0.05) is 20.9 Å². The van der Waals surface area contributed by atoms with Crippen molar-refractivity contribution in [1.29, 1.82) is 0 Å². The van der Waals surface area contributed by atoms with Crippen LogP contribution < -0.4 is 0 Å². The number of carboxylic acids is 1. The van der Waals surface area contributed by atoms with E-state index in [4.69, 9.17) is 16.7 Å². The Morgan fingerprint density at radius 2 is 2.11 bits per heavy atom. The molecule has 0 saturated carbocycles. The molecule has 0 saturated heterocycles. The molecule has 0 amide bonds. The van der Waals surface area contributed by atoms with Gasteiger partial charge in [0.2, 0.25) is 0 Å². The topological polar surface area (TPSA) is 37.3 Å². The molecular weight excluding hydrogens is 268 g/mol. The molecule has 2 nitrogen and oxygen atoms in total. The first-order chi connectivity index (χ1) is 8.56. The van der Waals surface area contributed by atoms with Crippen LogP contribution in [-0.2, 0) is 4.79 Å². The highest BCUT2D eigenvalue weighted by molar-refractivity contribution is 7.16. The van der Waals surface area contributed by atoms with E-state index in [-0.39, 0.29) is 0 Å². The zero-order chi connectivity index (χ0) is 13.1. The van der Waals surface area contributed by atoms with E-state index >= 15 is 0 Å². The predicted molar refractivity (Wildman–Crippen MR) is 76.2 cm³/mol. The number of carboxylic acid groups (broad SMARTS) is 1. The summed E-state index contributed by atoms with van der Waals surface area (Å²) >= 11 is 7.62. The Hall–Kier alpha value is -1.58. The van der Waals surface area contributed by atoms with Gasteiger partial charge in [0.05, 0.1) is 0 Å². The van der Waals surface area contributed by atoms with Crippen LogP contribution in [0.25, 0.3) is 16.5 Å². The third kappa shape index (κ3) is 3.00. The maximum atomic E-state index is 10.4. The number of hydrogen-bond acceptors (Lipinski definition) is 2. The normalized spacial score (nSPS) is 11.0. The van der Waals surface area contributed by atoms with Crippen LogP contribution >= 0.6 is 22.9 Å². The molecule has 92 valence electrons. The minimum atomic E-state index is -0.941. The summed E-state index contributed by atoms with van der Waals surface area (Å²) in [6.07, 6.45) is 2.73. The van der Waals surface area contributed by atoms with Gasteiger partial charge in [0.15, 0.2) is 0 Å². The van der Waals surface area contributed by atoms with E-state index in [2.05, 4.69) is 0 Å². The number of rotatable bonds is 3. The van der Waals surface area contributed by atoms with Gasteiger partial charge in [-0.25, -0.2) is 4.79 Å². The Balaban J connectivity index is 2.29. The molecule has 2 rings (SSSR count). The molecule has 0 unspecified atom stereocenters. The van der Waals surface area contributed by atoms with Crippen molar-refractivity contribution in [3.8, 4) is 10.4 Å². The van der Waals surface area contributed by atoms with Gasteiger partial charge in [-0.05, 0) is 42.3 Å². The summed E-state index contributed by atoms with van der Waals surface area (Å²) in [6.45, 7) is 1.96. The molecule has 0 atom stereocenters. The first-order valence-corrected chi connectivity index (χ1v) is 6.53. The number of thiophene rings is 1. The summed E-state index contributed by atoms with van der Waals surface area (Å²) in [5.74, 6) is -0.941. The maximum absolute atomic E-state index is 10.4. The molecule has 1 aromatic carbocycles. The fraction of sp³-hybridized carbons (Fsp3) is 0.0714. The van der Waals surface area contributed by atoms with Crippen LogP contribution in [0.1, 0.15) is 10.4 Å². The first kappa shape index (κ1) is 12.9. The summed E-state index contributed by atoms with van der Waals surface area (Å²) in [4.78, 5) is 12.4. The highest BCUT2D eigenvalue weighted by Crippen LogP contribution is 2.31. The molecular formula is C14H11ClO2S. The van der Waals surface area contributed by atoms with Crippen LogP contribution in [0.4, 0.5) is 0 Å². The molecule has 2 aromatic rings. The molecule has 18 heavy (non-hydrogen) atoms. The van der Waals surface area contributed by atoms with E-state index in [0.29, 0.717) is 0 Å². The molecule has 0 aliphatic carbocycles. The minimum absolute atomic E-state index is 0.739. The number of halogens is 1. The van der Waals surface area contributed by atoms with Crippen molar-refractivity contribution in [2.75, 3.05) is 0 Å².